The number of alkyl halides is 3. The van der Waals surface area contributed by atoms with Crippen LogP contribution in [0.4, 0.5) is 18.0 Å². The fourth-order valence-corrected chi connectivity index (χ4v) is 1.61. The van der Waals surface area contributed by atoms with Crippen molar-refractivity contribution in [3.05, 3.63) is 35.9 Å². The Morgan fingerprint density at radius 1 is 1.26 bits per heavy atom. The van der Waals surface area contributed by atoms with E-state index in [-0.39, 0.29) is 11.7 Å². The first-order valence-corrected chi connectivity index (χ1v) is 6.62. The summed E-state index contributed by atoms with van der Waals surface area (Å²) < 4.78 is 41.8. The molecule has 1 atom stereocenters. The summed E-state index contributed by atoms with van der Waals surface area (Å²) in [5.41, 5.74) is 0.734. The molecule has 1 N–H and O–H groups in total. The van der Waals surface area contributed by atoms with Crippen molar-refractivity contribution < 1.29 is 32.3 Å². The number of benzene rings is 1. The molecule has 0 saturated carbocycles. The van der Waals surface area contributed by atoms with E-state index in [4.69, 9.17) is 4.74 Å². The Bertz CT molecular complexity index is 523. The van der Waals surface area contributed by atoms with E-state index >= 15 is 0 Å². The third-order valence-corrected chi connectivity index (χ3v) is 2.71. The number of hydroxylamine groups is 2. The Kier molecular flexibility index (Phi) is 6.83. The van der Waals surface area contributed by atoms with Crippen LogP contribution in [0.15, 0.2) is 30.3 Å². The van der Waals surface area contributed by atoms with Gasteiger partial charge in [0.15, 0.2) is 0 Å². The lowest BCUT2D eigenvalue weighted by Gasteiger charge is -2.24. The summed E-state index contributed by atoms with van der Waals surface area (Å²) in [5, 5.41) is 2.28. The van der Waals surface area contributed by atoms with Gasteiger partial charge in [0.25, 0.3) is 5.91 Å². The Balaban J connectivity index is 2.48. The van der Waals surface area contributed by atoms with E-state index in [1.165, 1.54) is 6.92 Å². The maximum Gasteiger partial charge on any atom is 0.408 e. The Morgan fingerprint density at radius 3 is 2.39 bits per heavy atom. The summed E-state index contributed by atoms with van der Waals surface area (Å²) in [6, 6.07) is 7.55. The van der Waals surface area contributed by atoms with E-state index in [0.717, 1.165) is 12.7 Å². The normalized spacial score (nSPS) is 12.4. The highest BCUT2D eigenvalue weighted by atomic mass is 19.4. The zero-order chi connectivity index (χ0) is 17.5. The summed E-state index contributed by atoms with van der Waals surface area (Å²) in [7, 11) is 0.935. The van der Waals surface area contributed by atoms with E-state index in [2.05, 4.69) is 10.2 Å². The third-order valence-electron chi connectivity index (χ3n) is 2.71. The van der Waals surface area contributed by atoms with Crippen LogP contribution in [-0.2, 0) is 21.0 Å². The number of halogens is 3. The zero-order valence-electron chi connectivity index (χ0n) is 12.6. The van der Waals surface area contributed by atoms with Crippen LogP contribution in [0, 0.1) is 0 Å². The molecule has 1 rings (SSSR count). The molecule has 1 aromatic carbocycles. The predicted octanol–water partition coefficient (Wildman–Crippen LogP) is 2.25. The number of hydrogen-bond donors (Lipinski definition) is 1. The van der Waals surface area contributed by atoms with E-state index in [0.29, 0.717) is 0 Å². The van der Waals surface area contributed by atoms with Crippen molar-refractivity contribution in [2.45, 2.75) is 25.7 Å². The van der Waals surface area contributed by atoms with Gasteiger partial charge in [-0.25, -0.2) is 9.86 Å². The van der Waals surface area contributed by atoms with E-state index in [1.807, 2.05) is 0 Å². The molecule has 128 valence electrons. The molecule has 0 aliphatic carbocycles. The number of hydrogen-bond acceptors (Lipinski definition) is 4. The van der Waals surface area contributed by atoms with Gasteiger partial charge in [0.05, 0.1) is 7.11 Å². The monoisotopic (exact) mass is 334 g/mol. The summed E-state index contributed by atoms with van der Waals surface area (Å²) in [6.07, 6.45) is -5.53. The van der Waals surface area contributed by atoms with Gasteiger partial charge in [-0.3, -0.25) is 9.63 Å². The molecule has 0 aliphatic heterocycles. The first-order valence-electron chi connectivity index (χ1n) is 6.62. The summed E-state index contributed by atoms with van der Waals surface area (Å²) in [5.74, 6) is -1.04. The molecule has 1 unspecified atom stereocenters. The van der Waals surface area contributed by atoms with Gasteiger partial charge in [0.2, 0.25) is 0 Å². The first kappa shape index (κ1) is 18.8. The second kappa shape index (κ2) is 8.37. The predicted molar refractivity (Wildman–Crippen MR) is 74.0 cm³/mol. The molecule has 9 heteroatoms. The van der Waals surface area contributed by atoms with Crippen molar-refractivity contribution in [2.24, 2.45) is 0 Å². The van der Waals surface area contributed by atoms with Gasteiger partial charge in [-0.1, -0.05) is 30.3 Å². The highest BCUT2D eigenvalue weighted by Gasteiger charge is 2.35. The van der Waals surface area contributed by atoms with Gasteiger partial charge in [-0.2, -0.15) is 13.2 Å². The van der Waals surface area contributed by atoms with Crippen LogP contribution in [0.3, 0.4) is 0 Å². The lowest BCUT2D eigenvalue weighted by Crippen LogP contribution is -2.49. The molecule has 0 bridgehead atoms. The van der Waals surface area contributed by atoms with Crippen LogP contribution in [0.5, 0.6) is 0 Å². The van der Waals surface area contributed by atoms with Crippen LogP contribution < -0.4 is 5.32 Å². The Labute approximate surface area is 131 Å². The highest BCUT2D eigenvalue weighted by molar-refractivity contribution is 5.84. The number of rotatable bonds is 6. The van der Waals surface area contributed by atoms with E-state index < -0.39 is 30.8 Å². The molecule has 0 radical (unpaired) electrons. The molecule has 6 nitrogen and oxygen atoms in total. The number of amides is 2. The lowest BCUT2D eigenvalue weighted by molar-refractivity contribution is -0.224. The quantitative estimate of drug-likeness (QED) is 0.810. The fraction of sp³-hybridized carbons (Fsp3) is 0.429. The minimum Gasteiger partial charge on any atom is -0.445 e. The molecule has 0 heterocycles. The third kappa shape index (κ3) is 7.00. The molecular weight excluding hydrogens is 317 g/mol. The van der Waals surface area contributed by atoms with Crippen molar-refractivity contribution in [1.82, 2.24) is 10.4 Å². The second-order valence-corrected chi connectivity index (χ2v) is 4.60. The number of alkyl carbamates (subject to hydrolysis) is 1. The average molecular weight is 334 g/mol. The smallest absolute Gasteiger partial charge is 0.408 e. The highest BCUT2D eigenvalue weighted by Crippen LogP contribution is 2.17. The van der Waals surface area contributed by atoms with Crippen molar-refractivity contribution in [3.8, 4) is 0 Å². The summed E-state index contributed by atoms with van der Waals surface area (Å²) >= 11 is 0. The van der Waals surface area contributed by atoms with Crippen molar-refractivity contribution in [2.75, 3.05) is 13.7 Å². The van der Waals surface area contributed by atoms with Crippen LogP contribution in [0.25, 0.3) is 0 Å². The van der Waals surface area contributed by atoms with Crippen LogP contribution in [0.2, 0.25) is 0 Å². The first-order chi connectivity index (χ1) is 10.7. The summed E-state index contributed by atoms with van der Waals surface area (Å²) in [4.78, 5) is 27.7. The van der Waals surface area contributed by atoms with Crippen LogP contribution >= 0.6 is 0 Å². The minimum absolute atomic E-state index is 0.0237. The van der Waals surface area contributed by atoms with Gasteiger partial charge < -0.3 is 10.1 Å². The molecule has 0 aromatic heterocycles. The van der Waals surface area contributed by atoms with Gasteiger partial charge >= 0.3 is 12.3 Å². The maximum absolute atomic E-state index is 12.3. The minimum atomic E-state index is -4.61. The molecular formula is C14H17F3N2O4. The fourth-order valence-electron chi connectivity index (χ4n) is 1.61. The van der Waals surface area contributed by atoms with Crippen LogP contribution in [-0.4, -0.2) is 42.9 Å². The number of carbonyl (C=O) groups is 2. The standard InChI is InChI=1S/C14H17F3N2O4/c1-10(12(20)19(22-2)9-14(15,16)17)18-13(21)23-8-11-6-4-3-5-7-11/h3-7,10H,8-9H2,1-2H3,(H,18,21). The molecule has 1 aromatic rings. The van der Waals surface area contributed by atoms with E-state index in [9.17, 15) is 22.8 Å². The zero-order valence-corrected chi connectivity index (χ0v) is 12.6. The van der Waals surface area contributed by atoms with Gasteiger partial charge in [-0.15, -0.1) is 0 Å². The second-order valence-electron chi connectivity index (χ2n) is 4.60. The number of nitrogens with one attached hydrogen (secondary N) is 1. The number of carbonyl (C=O) groups excluding carboxylic acids is 2. The van der Waals surface area contributed by atoms with Gasteiger partial charge in [-0.05, 0) is 12.5 Å². The van der Waals surface area contributed by atoms with Crippen molar-refractivity contribution in [1.29, 1.82) is 0 Å². The van der Waals surface area contributed by atoms with Crippen molar-refractivity contribution >= 4 is 12.0 Å². The maximum atomic E-state index is 12.3. The van der Waals surface area contributed by atoms with Gasteiger partial charge in [0.1, 0.15) is 19.2 Å². The molecule has 0 spiro atoms. The topological polar surface area (TPSA) is 67.9 Å². The number of nitrogens with zero attached hydrogens (tertiary/aromatic N) is 1. The lowest BCUT2D eigenvalue weighted by atomic mass is 10.2. The summed E-state index contributed by atoms with van der Waals surface area (Å²) in [6.45, 7) is -0.369. The molecule has 0 saturated heterocycles. The number of ether oxygens (including phenoxy) is 1. The largest absolute Gasteiger partial charge is 0.445 e. The average Bonchev–Trinajstić information content (AvgIpc) is 2.50. The molecule has 23 heavy (non-hydrogen) atoms. The molecule has 2 amide bonds. The molecule has 0 fully saturated rings. The van der Waals surface area contributed by atoms with Crippen molar-refractivity contribution in [3.63, 3.8) is 0 Å². The Hall–Kier alpha value is -2.29. The van der Waals surface area contributed by atoms with Gasteiger partial charge in [0, 0.05) is 0 Å². The van der Waals surface area contributed by atoms with E-state index in [1.54, 1.807) is 30.3 Å². The Morgan fingerprint density at radius 2 is 1.87 bits per heavy atom. The molecule has 0 aliphatic rings. The SMILES string of the molecule is CON(CC(F)(F)F)C(=O)C(C)NC(=O)OCc1ccccc1. The van der Waals surface area contributed by atoms with Crippen LogP contribution in [0.1, 0.15) is 12.5 Å².